The molecule has 0 unspecified atom stereocenters. The highest BCUT2D eigenvalue weighted by Crippen LogP contribution is 2.34. The van der Waals surface area contributed by atoms with Gasteiger partial charge < -0.3 is 10.4 Å². The fourth-order valence-electron chi connectivity index (χ4n) is 3.04. The third-order valence-corrected chi connectivity index (χ3v) is 4.57. The number of carbonyl (C=O) groups excluding carboxylic acids is 1. The molecule has 1 aromatic rings. The molecule has 1 aliphatic carbocycles. The van der Waals surface area contributed by atoms with Crippen molar-refractivity contribution in [1.29, 1.82) is 0 Å². The molecular weight excluding hydrogens is 278 g/mol. The van der Waals surface area contributed by atoms with E-state index in [4.69, 9.17) is 5.11 Å². The Labute approximate surface area is 131 Å². The number of carbonyl (C=O) groups is 2. The molecule has 4 heteroatoms. The van der Waals surface area contributed by atoms with Crippen LogP contribution in [0.15, 0.2) is 24.3 Å². The number of benzene rings is 1. The van der Waals surface area contributed by atoms with E-state index in [0.29, 0.717) is 18.3 Å². The molecule has 1 aliphatic rings. The minimum absolute atomic E-state index is 0.0184. The van der Waals surface area contributed by atoms with Gasteiger partial charge in [-0.15, -0.1) is 0 Å². The first-order valence-electron chi connectivity index (χ1n) is 7.98. The maximum Gasteiger partial charge on any atom is 0.335 e. The van der Waals surface area contributed by atoms with E-state index in [0.717, 1.165) is 31.2 Å². The molecule has 120 valence electrons. The van der Waals surface area contributed by atoms with E-state index >= 15 is 0 Å². The predicted octanol–water partition coefficient (Wildman–Crippen LogP) is 3.40. The Morgan fingerprint density at radius 3 is 2.50 bits per heavy atom. The number of hydrogen-bond acceptors (Lipinski definition) is 2. The van der Waals surface area contributed by atoms with Crippen LogP contribution in [0.2, 0.25) is 0 Å². The number of carboxylic acids is 1. The van der Waals surface area contributed by atoms with Crippen molar-refractivity contribution in [2.75, 3.05) is 0 Å². The van der Waals surface area contributed by atoms with Crippen molar-refractivity contribution >= 4 is 11.9 Å². The molecule has 0 atom stereocenters. The van der Waals surface area contributed by atoms with Crippen LogP contribution in [-0.4, -0.2) is 23.0 Å². The molecule has 1 aromatic carbocycles. The molecule has 0 bridgehead atoms. The van der Waals surface area contributed by atoms with E-state index in [-0.39, 0.29) is 17.5 Å². The second kappa shape index (κ2) is 6.95. The van der Waals surface area contributed by atoms with Crippen molar-refractivity contribution in [2.24, 2.45) is 5.41 Å². The number of carboxylic acid groups (broad SMARTS) is 1. The Morgan fingerprint density at radius 1 is 1.23 bits per heavy atom. The van der Waals surface area contributed by atoms with Gasteiger partial charge in [-0.05, 0) is 49.1 Å². The monoisotopic (exact) mass is 303 g/mol. The van der Waals surface area contributed by atoms with Gasteiger partial charge in [0.1, 0.15) is 0 Å². The minimum Gasteiger partial charge on any atom is -0.478 e. The van der Waals surface area contributed by atoms with Crippen molar-refractivity contribution in [3.05, 3.63) is 35.4 Å². The molecule has 0 saturated heterocycles. The lowest BCUT2D eigenvalue weighted by Crippen LogP contribution is -2.39. The zero-order valence-corrected chi connectivity index (χ0v) is 13.4. The highest BCUT2D eigenvalue weighted by atomic mass is 16.4. The zero-order valence-electron chi connectivity index (χ0n) is 13.4. The Morgan fingerprint density at radius 2 is 1.86 bits per heavy atom. The first kappa shape index (κ1) is 16.5. The van der Waals surface area contributed by atoms with Crippen LogP contribution < -0.4 is 5.32 Å². The van der Waals surface area contributed by atoms with Gasteiger partial charge in [-0.2, -0.15) is 0 Å². The van der Waals surface area contributed by atoms with Crippen LogP contribution >= 0.6 is 0 Å². The fraction of sp³-hybridized carbons (Fsp3) is 0.556. The van der Waals surface area contributed by atoms with Crippen LogP contribution in [0, 0.1) is 5.41 Å². The largest absolute Gasteiger partial charge is 0.478 e. The molecule has 0 aromatic heterocycles. The molecule has 0 heterocycles. The highest BCUT2D eigenvalue weighted by Gasteiger charge is 2.27. The van der Waals surface area contributed by atoms with Crippen LogP contribution in [0.1, 0.15) is 61.9 Å². The van der Waals surface area contributed by atoms with Gasteiger partial charge in [0.15, 0.2) is 0 Å². The van der Waals surface area contributed by atoms with Gasteiger partial charge in [-0.3, -0.25) is 4.79 Å². The Balaban J connectivity index is 1.83. The van der Waals surface area contributed by atoms with Gasteiger partial charge in [0.2, 0.25) is 5.91 Å². The van der Waals surface area contributed by atoms with Crippen molar-refractivity contribution in [3.8, 4) is 0 Å². The summed E-state index contributed by atoms with van der Waals surface area (Å²) < 4.78 is 0. The summed E-state index contributed by atoms with van der Waals surface area (Å²) in [5, 5.41) is 12.2. The lowest BCUT2D eigenvalue weighted by atomic mass is 9.75. The smallest absolute Gasteiger partial charge is 0.335 e. The molecule has 1 fully saturated rings. The Hall–Kier alpha value is -1.84. The van der Waals surface area contributed by atoms with Crippen LogP contribution in [-0.2, 0) is 11.2 Å². The second-order valence-electron chi connectivity index (χ2n) is 6.97. The SMILES string of the molecule is CC1(C)CCC(NC(=O)CCc2ccccc2C(=O)O)CC1. The Bertz CT molecular complexity index is 541. The average Bonchev–Trinajstić information content (AvgIpc) is 2.47. The van der Waals surface area contributed by atoms with E-state index < -0.39 is 5.97 Å². The standard InChI is InChI=1S/C18H25NO3/c1-18(2)11-9-14(10-12-18)19-16(20)8-7-13-5-3-4-6-15(13)17(21)22/h3-6,14H,7-12H2,1-2H3,(H,19,20)(H,21,22). The first-order chi connectivity index (χ1) is 10.4. The van der Waals surface area contributed by atoms with Gasteiger partial charge in [-0.25, -0.2) is 4.79 Å². The van der Waals surface area contributed by atoms with E-state index in [9.17, 15) is 9.59 Å². The summed E-state index contributed by atoms with van der Waals surface area (Å²) in [6.45, 7) is 4.54. The summed E-state index contributed by atoms with van der Waals surface area (Å²) in [6.07, 6.45) is 5.14. The lowest BCUT2D eigenvalue weighted by Gasteiger charge is -2.34. The number of hydrogen-bond donors (Lipinski definition) is 2. The summed E-state index contributed by atoms with van der Waals surface area (Å²) in [5.41, 5.74) is 1.39. The van der Waals surface area contributed by atoms with Gasteiger partial charge >= 0.3 is 5.97 Å². The molecular formula is C18H25NO3. The predicted molar refractivity (Wildman–Crippen MR) is 85.9 cm³/mol. The summed E-state index contributed by atoms with van der Waals surface area (Å²) in [6, 6.07) is 7.15. The summed E-state index contributed by atoms with van der Waals surface area (Å²) in [4.78, 5) is 23.2. The van der Waals surface area contributed by atoms with Crippen molar-refractivity contribution in [3.63, 3.8) is 0 Å². The van der Waals surface area contributed by atoms with E-state index in [2.05, 4.69) is 19.2 Å². The molecule has 2 N–H and O–H groups in total. The fourth-order valence-corrected chi connectivity index (χ4v) is 3.04. The summed E-state index contributed by atoms with van der Waals surface area (Å²) in [5.74, 6) is -0.921. The first-order valence-corrected chi connectivity index (χ1v) is 7.98. The maximum absolute atomic E-state index is 12.1. The summed E-state index contributed by atoms with van der Waals surface area (Å²) >= 11 is 0. The lowest BCUT2D eigenvalue weighted by molar-refractivity contribution is -0.122. The Kier molecular flexibility index (Phi) is 5.22. The topological polar surface area (TPSA) is 66.4 Å². The van der Waals surface area contributed by atoms with Gasteiger partial charge in [-0.1, -0.05) is 32.0 Å². The third-order valence-electron chi connectivity index (χ3n) is 4.57. The highest BCUT2D eigenvalue weighted by molar-refractivity contribution is 5.89. The molecule has 0 aliphatic heterocycles. The second-order valence-corrected chi connectivity index (χ2v) is 6.97. The molecule has 0 spiro atoms. The van der Waals surface area contributed by atoms with Crippen molar-refractivity contribution in [1.82, 2.24) is 5.32 Å². The molecule has 0 radical (unpaired) electrons. The minimum atomic E-state index is -0.939. The van der Waals surface area contributed by atoms with E-state index in [1.807, 2.05) is 6.07 Å². The molecule has 4 nitrogen and oxygen atoms in total. The van der Waals surface area contributed by atoms with E-state index in [1.54, 1.807) is 18.2 Å². The quantitative estimate of drug-likeness (QED) is 0.876. The van der Waals surface area contributed by atoms with Crippen LogP contribution in [0.4, 0.5) is 0 Å². The normalized spacial score (nSPS) is 17.9. The molecule has 1 saturated carbocycles. The van der Waals surface area contributed by atoms with Crippen LogP contribution in [0.5, 0.6) is 0 Å². The number of nitrogens with one attached hydrogen (secondary N) is 1. The molecule has 1 amide bonds. The average molecular weight is 303 g/mol. The number of aromatic carboxylic acids is 1. The molecule has 2 rings (SSSR count). The molecule has 22 heavy (non-hydrogen) atoms. The van der Waals surface area contributed by atoms with Gasteiger partial charge in [0.25, 0.3) is 0 Å². The maximum atomic E-state index is 12.1. The van der Waals surface area contributed by atoms with Gasteiger partial charge in [0, 0.05) is 12.5 Å². The zero-order chi connectivity index (χ0) is 16.2. The van der Waals surface area contributed by atoms with Crippen LogP contribution in [0.25, 0.3) is 0 Å². The van der Waals surface area contributed by atoms with Crippen LogP contribution in [0.3, 0.4) is 0 Å². The summed E-state index contributed by atoms with van der Waals surface area (Å²) in [7, 11) is 0. The number of rotatable bonds is 5. The van der Waals surface area contributed by atoms with Gasteiger partial charge in [0.05, 0.1) is 5.56 Å². The van der Waals surface area contributed by atoms with Crippen molar-refractivity contribution in [2.45, 2.75) is 58.4 Å². The number of aryl methyl sites for hydroxylation is 1. The number of amides is 1. The third kappa shape index (κ3) is 4.58. The van der Waals surface area contributed by atoms with E-state index in [1.165, 1.54) is 0 Å². The van der Waals surface area contributed by atoms with Crippen molar-refractivity contribution < 1.29 is 14.7 Å².